The molecule has 0 radical (unpaired) electrons. The number of nitrogens with one attached hydrogen (secondary N) is 1. The molecule has 0 heterocycles. The van der Waals surface area contributed by atoms with Crippen LogP contribution in [-0.2, 0) is 14.8 Å². The highest BCUT2D eigenvalue weighted by molar-refractivity contribution is 7.92. The molecule has 0 unspecified atom stereocenters. The minimum Gasteiger partial charge on any atom is -0.497 e. The van der Waals surface area contributed by atoms with Crippen LogP contribution < -0.4 is 19.1 Å². The smallest absolute Gasteiger partial charge is 0.245 e. The van der Waals surface area contributed by atoms with Gasteiger partial charge in [0.05, 0.1) is 31.9 Å². The van der Waals surface area contributed by atoms with Crippen molar-refractivity contribution in [3.63, 3.8) is 0 Å². The zero-order valence-corrected chi connectivity index (χ0v) is 17.2. The molecule has 0 aromatic heterocycles. The Morgan fingerprint density at radius 1 is 1.07 bits per heavy atom. The minimum absolute atomic E-state index is 0.183. The van der Waals surface area contributed by atoms with Crippen molar-refractivity contribution in [3.8, 4) is 11.5 Å². The highest BCUT2D eigenvalue weighted by atomic mass is 35.5. The number of hydrogen-bond donors (Lipinski definition) is 1. The summed E-state index contributed by atoms with van der Waals surface area (Å²) in [6.07, 6.45) is 0.987. The molecular weight excluding hydrogens is 415 g/mol. The molecule has 0 spiro atoms. The van der Waals surface area contributed by atoms with Gasteiger partial charge in [-0.15, -0.1) is 0 Å². The largest absolute Gasteiger partial charge is 0.497 e. The monoisotopic (exact) mass is 432 g/mol. The number of ether oxygens (including phenoxy) is 2. The van der Waals surface area contributed by atoms with E-state index in [1.165, 1.54) is 32.4 Å². The van der Waals surface area contributed by atoms with Gasteiger partial charge in [-0.3, -0.25) is 9.10 Å². The van der Waals surface area contributed by atoms with E-state index in [0.717, 1.165) is 10.6 Å². The molecule has 0 atom stereocenters. The molecule has 0 bridgehead atoms. The Bertz CT molecular complexity index is 930. The van der Waals surface area contributed by atoms with Gasteiger partial charge in [0, 0.05) is 16.1 Å². The topological polar surface area (TPSA) is 84.9 Å². The molecule has 0 aliphatic heterocycles. The molecule has 0 aliphatic rings. The van der Waals surface area contributed by atoms with E-state index in [2.05, 4.69) is 5.32 Å². The van der Waals surface area contributed by atoms with Crippen molar-refractivity contribution in [1.29, 1.82) is 0 Å². The highest BCUT2D eigenvalue weighted by Gasteiger charge is 2.22. The molecular formula is C17H18Cl2N2O5S. The van der Waals surface area contributed by atoms with Gasteiger partial charge in [-0.25, -0.2) is 8.42 Å². The van der Waals surface area contributed by atoms with E-state index < -0.39 is 22.5 Å². The number of methoxy groups -OCH3 is 2. The van der Waals surface area contributed by atoms with Gasteiger partial charge in [-0.2, -0.15) is 0 Å². The molecule has 2 aromatic rings. The van der Waals surface area contributed by atoms with Gasteiger partial charge in [0.2, 0.25) is 15.9 Å². The lowest BCUT2D eigenvalue weighted by Crippen LogP contribution is -2.37. The number of halogens is 2. The van der Waals surface area contributed by atoms with Crippen LogP contribution in [0.25, 0.3) is 0 Å². The Morgan fingerprint density at radius 2 is 1.70 bits per heavy atom. The van der Waals surface area contributed by atoms with E-state index in [0.29, 0.717) is 17.2 Å². The van der Waals surface area contributed by atoms with E-state index >= 15 is 0 Å². The first kappa shape index (κ1) is 21.1. The number of rotatable bonds is 7. The van der Waals surface area contributed by atoms with Gasteiger partial charge < -0.3 is 14.8 Å². The molecule has 2 rings (SSSR count). The number of anilines is 2. The lowest BCUT2D eigenvalue weighted by molar-refractivity contribution is -0.114. The fourth-order valence-corrected chi connectivity index (χ4v) is 3.67. The summed E-state index contributed by atoms with van der Waals surface area (Å²) in [5, 5.41) is 3.12. The van der Waals surface area contributed by atoms with Gasteiger partial charge in [0.15, 0.2) is 0 Å². The first-order valence-corrected chi connectivity index (χ1v) is 10.2. The van der Waals surface area contributed by atoms with Crippen LogP contribution in [0.15, 0.2) is 36.4 Å². The van der Waals surface area contributed by atoms with Gasteiger partial charge in [0.1, 0.15) is 18.0 Å². The minimum atomic E-state index is -3.77. The van der Waals surface area contributed by atoms with Crippen LogP contribution in [-0.4, -0.2) is 41.3 Å². The van der Waals surface area contributed by atoms with Crippen molar-refractivity contribution >= 4 is 50.5 Å². The summed E-state index contributed by atoms with van der Waals surface area (Å²) < 4.78 is 35.6. The normalized spacial score (nSPS) is 11.0. The quantitative estimate of drug-likeness (QED) is 0.724. The van der Waals surface area contributed by atoms with Crippen molar-refractivity contribution in [2.45, 2.75) is 0 Å². The number of hydrogen-bond acceptors (Lipinski definition) is 5. The second-order valence-electron chi connectivity index (χ2n) is 5.51. The van der Waals surface area contributed by atoms with Gasteiger partial charge in [-0.1, -0.05) is 23.2 Å². The SMILES string of the molecule is COc1ccc(OC)c(NC(=O)CN(c2cc(Cl)cc(Cl)c2)S(C)(=O)=O)c1. The Hall–Kier alpha value is -2.16. The maximum atomic E-state index is 12.5. The Labute approximate surface area is 167 Å². The average Bonchev–Trinajstić information content (AvgIpc) is 2.57. The van der Waals surface area contributed by atoms with Crippen molar-refractivity contribution in [3.05, 3.63) is 46.4 Å². The standard InChI is InChI=1S/C17H18Cl2N2O5S/c1-25-14-4-5-16(26-2)15(9-14)20-17(22)10-21(27(3,23)24)13-7-11(18)6-12(19)8-13/h4-9H,10H2,1-3H3,(H,20,22). The van der Waals surface area contributed by atoms with Crippen LogP contribution in [0.3, 0.4) is 0 Å². The van der Waals surface area contributed by atoms with Gasteiger partial charge in [-0.05, 0) is 30.3 Å². The molecule has 0 aliphatic carbocycles. The first-order chi connectivity index (χ1) is 12.6. The van der Waals surface area contributed by atoms with Crippen molar-refractivity contribution in [1.82, 2.24) is 0 Å². The van der Waals surface area contributed by atoms with Crippen molar-refractivity contribution in [2.24, 2.45) is 0 Å². The van der Waals surface area contributed by atoms with Crippen LogP contribution in [0.4, 0.5) is 11.4 Å². The average molecular weight is 433 g/mol. The summed E-state index contributed by atoms with van der Waals surface area (Å²) in [6, 6.07) is 9.15. The third-order valence-electron chi connectivity index (χ3n) is 3.50. The summed E-state index contributed by atoms with van der Waals surface area (Å²) in [7, 11) is -0.828. The number of benzene rings is 2. The predicted octanol–water partition coefficient (Wildman–Crippen LogP) is 3.42. The molecule has 0 fully saturated rings. The fourth-order valence-electron chi connectivity index (χ4n) is 2.32. The number of nitrogens with zero attached hydrogens (tertiary/aromatic N) is 1. The van der Waals surface area contributed by atoms with E-state index in [4.69, 9.17) is 32.7 Å². The molecule has 2 aromatic carbocycles. The van der Waals surface area contributed by atoms with E-state index in [1.807, 2.05) is 0 Å². The van der Waals surface area contributed by atoms with Crippen molar-refractivity contribution < 1.29 is 22.7 Å². The lowest BCUT2D eigenvalue weighted by Gasteiger charge is -2.22. The zero-order valence-electron chi connectivity index (χ0n) is 14.8. The molecule has 1 amide bonds. The predicted molar refractivity (Wildman–Crippen MR) is 107 cm³/mol. The number of sulfonamides is 1. The third-order valence-corrected chi connectivity index (χ3v) is 5.08. The third kappa shape index (κ3) is 5.66. The number of amides is 1. The Balaban J connectivity index is 2.30. The summed E-state index contributed by atoms with van der Waals surface area (Å²) in [4.78, 5) is 12.5. The van der Waals surface area contributed by atoms with Crippen LogP contribution in [0.5, 0.6) is 11.5 Å². The maximum Gasteiger partial charge on any atom is 0.245 e. The number of carbonyl (C=O) groups excluding carboxylic acids is 1. The van der Waals surface area contributed by atoms with Gasteiger partial charge >= 0.3 is 0 Å². The van der Waals surface area contributed by atoms with Crippen LogP contribution in [0.1, 0.15) is 0 Å². The van der Waals surface area contributed by atoms with E-state index in [9.17, 15) is 13.2 Å². The first-order valence-electron chi connectivity index (χ1n) is 7.59. The molecule has 1 N–H and O–H groups in total. The molecule has 146 valence electrons. The summed E-state index contributed by atoms with van der Waals surface area (Å²) in [6.45, 7) is -0.476. The van der Waals surface area contributed by atoms with Crippen LogP contribution >= 0.6 is 23.2 Å². The molecule has 0 saturated heterocycles. The second-order valence-corrected chi connectivity index (χ2v) is 8.29. The number of carbonyl (C=O) groups is 1. The lowest BCUT2D eigenvalue weighted by atomic mass is 10.2. The second kappa shape index (κ2) is 8.69. The fraction of sp³-hybridized carbons (Fsp3) is 0.235. The maximum absolute atomic E-state index is 12.5. The molecule has 0 saturated carbocycles. The summed E-state index contributed by atoms with van der Waals surface area (Å²) >= 11 is 11.9. The Kier molecular flexibility index (Phi) is 6.80. The van der Waals surface area contributed by atoms with Crippen LogP contribution in [0, 0.1) is 0 Å². The molecule has 10 heteroatoms. The van der Waals surface area contributed by atoms with E-state index in [1.54, 1.807) is 18.2 Å². The summed E-state index contributed by atoms with van der Waals surface area (Å²) in [5.74, 6) is 0.330. The highest BCUT2D eigenvalue weighted by Crippen LogP contribution is 2.30. The van der Waals surface area contributed by atoms with E-state index in [-0.39, 0.29) is 15.7 Å². The van der Waals surface area contributed by atoms with Gasteiger partial charge in [0.25, 0.3) is 0 Å². The van der Waals surface area contributed by atoms with Crippen molar-refractivity contribution in [2.75, 3.05) is 36.6 Å². The molecule has 7 nitrogen and oxygen atoms in total. The molecule has 27 heavy (non-hydrogen) atoms. The van der Waals surface area contributed by atoms with Crippen LogP contribution in [0.2, 0.25) is 10.0 Å². The Morgan fingerprint density at radius 3 is 2.22 bits per heavy atom. The zero-order chi connectivity index (χ0) is 20.2. The summed E-state index contributed by atoms with van der Waals surface area (Å²) in [5.41, 5.74) is 0.530.